The maximum atomic E-state index is 11.7. The number of pyridine rings is 1. The van der Waals surface area contributed by atoms with Crippen molar-refractivity contribution >= 4 is 23.4 Å². The fourth-order valence-corrected chi connectivity index (χ4v) is 1.59. The summed E-state index contributed by atoms with van der Waals surface area (Å²) in [5.74, 6) is 0.698. The Balaban J connectivity index is 2.09. The van der Waals surface area contributed by atoms with Crippen molar-refractivity contribution in [3.05, 3.63) is 47.6 Å². The van der Waals surface area contributed by atoms with Crippen molar-refractivity contribution in [3.63, 3.8) is 0 Å². The molecule has 0 radical (unpaired) electrons. The molecule has 6 heteroatoms. The van der Waals surface area contributed by atoms with Gasteiger partial charge < -0.3 is 9.47 Å². The van der Waals surface area contributed by atoms with Crippen LogP contribution in [-0.4, -0.2) is 18.2 Å². The molecule has 1 aromatic heterocycles. The number of ether oxygens (including phenoxy) is 2. The second kappa shape index (κ2) is 6.06. The standard InChI is InChI=1S/C13H11ClN2O3/c1-18-11-6-5-9(14)8-10(11)16-13(17)19-12-4-2-3-7-15-12/h2-8H,1H3,(H,16,17). The van der Waals surface area contributed by atoms with Gasteiger partial charge in [-0.3, -0.25) is 5.32 Å². The lowest BCUT2D eigenvalue weighted by molar-refractivity contribution is 0.213. The van der Waals surface area contributed by atoms with Gasteiger partial charge in [0.2, 0.25) is 5.88 Å². The minimum atomic E-state index is -0.667. The summed E-state index contributed by atoms with van der Waals surface area (Å²) in [6, 6.07) is 9.91. The topological polar surface area (TPSA) is 60.5 Å². The number of anilines is 1. The Morgan fingerprint density at radius 3 is 2.84 bits per heavy atom. The van der Waals surface area contributed by atoms with Crippen molar-refractivity contribution in [1.29, 1.82) is 0 Å². The van der Waals surface area contributed by atoms with Gasteiger partial charge in [0.05, 0.1) is 12.8 Å². The average molecular weight is 279 g/mol. The van der Waals surface area contributed by atoms with Crippen LogP contribution in [0.1, 0.15) is 0 Å². The SMILES string of the molecule is COc1ccc(Cl)cc1NC(=O)Oc1ccccn1. The van der Waals surface area contributed by atoms with Gasteiger partial charge in [-0.15, -0.1) is 0 Å². The molecule has 0 aliphatic heterocycles. The zero-order valence-corrected chi connectivity index (χ0v) is 10.8. The Labute approximate surface area is 115 Å². The van der Waals surface area contributed by atoms with E-state index in [1.165, 1.54) is 13.3 Å². The normalized spacial score (nSPS) is 9.79. The Morgan fingerprint density at radius 1 is 1.32 bits per heavy atom. The van der Waals surface area contributed by atoms with E-state index in [2.05, 4.69) is 10.3 Å². The van der Waals surface area contributed by atoms with Gasteiger partial charge in [-0.2, -0.15) is 0 Å². The molecule has 1 amide bonds. The largest absolute Gasteiger partial charge is 0.495 e. The summed E-state index contributed by atoms with van der Waals surface area (Å²) in [5.41, 5.74) is 0.427. The van der Waals surface area contributed by atoms with Crippen molar-refractivity contribution in [2.45, 2.75) is 0 Å². The molecule has 1 N–H and O–H groups in total. The first-order valence-corrected chi connectivity index (χ1v) is 5.80. The van der Waals surface area contributed by atoms with Crippen molar-refractivity contribution in [1.82, 2.24) is 4.98 Å². The van der Waals surface area contributed by atoms with E-state index in [0.29, 0.717) is 16.5 Å². The van der Waals surface area contributed by atoms with Gasteiger partial charge in [0, 0.05) is 17.3 Å². The molecule has 0 aliphatic rings. The quantitative estimate of drug-likeness (QED) is 0.935. The Hall–Kier alpha value is -2.27. The number of carbonyl (C=O) groups excluding carboxylic acids is 1. The summed E-state index contributed by atoms with van der Waals surface area (Å²) < 4.78 is 10.1. The van der Waals surface area contributed by atoms with Crippen molar-refractivity contribution < 1.29 is 14.3 Å². The van der Waals surface area contributed by atoms with E-state index >= 15 is 0 Å². The van der Waals surface area contributed by atoms with E-state index in [0.717, 1.165) is 0 Å². The molecule has 1 aromatic carbocycles. The monoisotopic (exact) mass is 278 g/mol. The predicted molar refractivity (Wildman–Crippen MR) is 71.9 cm³/mol. The molecule has 5 nitrogen and oxygen atoms in total. The van der Waals surface area contributed by atoms with Crippen LogP contribution < -0.4 is 14.8 Å². The summed E-state index contributed by atoms with van der Waals surface area (Å²) in [6.45, 7) is 0. The van der Waals surface area contributed by atoms with Crippen LogP contribution in [0.2, 0.25) is 5.02 Å². The fourth-order valence-electron chi connectivity index (χ4n) is 1.42. The Bertz CT molecular complexity index is 575. The van der Waals surface area contributed by atoms with E-state index in [1.54, 1.807) is 36.4 Å². The van der Waals surface area contributed by atoms with Gasteiger partial charge in [0.1, 0.15) is 5.75 Å². The first-order valence-electron chi connectivity index (χ1n) is 5.42. The molecule has 0 atom stereocenters. The lowest BCUT2D eigenvalue weighted by Gasteiger charge is -2.10. The summed E-state index contributed by atoms with van der Waals surface area (Å²) in [7, 11) is 1.50. The van der Waals surface area contributed by atoms with Crippen molar-refractivity contribution in [3.8, 4) is 11.6 Å². The summed E-state index contributed by atoms with van der Waals surface area (Å²) in [5, 5.41) is 3.02. The average Bonchev–Trinajstić information content (AvgIpc) is 2.40. The number of halogens is 1. The van der Waals surface area contributed by atoms with Crippen LogP contribution in [0.5, 0.6) is 11.6 Å². The molecule has 1 heterocycles. The van der Waals surface area contributed by atoms with Gasteiger partial charge in [0.25, 0.3) is 0 Å². The van der Waals surface area contributed by atoms with Gasteiger partial charge in [0.15, 0.2) is 0 Å². The minimum Gasteiger partial charge on any atom is -0.495 e. The van der Waals surface area contributed by atoms with Gasteiger partial charge in [-0.05, 0) is 24.3 Å². The molecule has 2 rings (SSSR count). The van der Waals surface area contributed by atoms with Crippen LogP contribution >= 0.6 is 11.6 Å². The summed E-state index contributed by atoms with van der Waals surface area (Å²) >= 11 is 5.86. The summed E-state index contributed by atoms with van der Waals surface area (Å²) in [6.07, 6.45) is 0.863. The second-order valence-corrected chi connectivity index (χ2v) is 3.96. The van der Waals surface area contributed by atoms with Crippen molar-refractivity contribution in [2.75, 3.05) is 12.4 Å². The molecule has 19 heavy (non-hydrogen) atoms. The lowest BCUT2D eigenvalue weighted by atomic mass is 10.3. The van der Waals surface area contributed by atoms with Crippen LogP contribution in [0.4, 0.5) is 10.5 Å². The van der Waals surface area contributed by atoms with Gasteiger partial charge >= 0.3 is 6.09 Å². The number of nitrogens with one attached hydrogen (secondary N) is 1. The van der Waals surface area contributed by atoms with Crippen LogP contribution in [0.25, 0.3) is 0 Å². The smallest absolute Gasteiger partial charge is 0.418 e. The van der Waals surface area contributed by atoms with E-state index in [9.17, 15) is 4.79 Å². The van der Waals surface area contributed by atoms with E-state index in [4.69, 9.17) is 21.1 Å². The third kappa shape index (κ3) is 3.59. The molecule has 0 saturated carbocycles. The molecule has 2 aromatic rings. The highest BCUT2D eigenvalue weighted by Gasteiger charge is 2.10. The van der Waals surface area contributed by atoms with Crippen LogP contribution in [0.3, 0.4) is 0 Å². The number of rotatable bonds is 3. The van der Waals surface area contributed by atoms with Gasteiger partial charge in [-0.25, -0.2) is 9.78 Å². The first kappa shape index (κ1) is 13.2. The highest BCUT2D eigenvalue weighted by atomic mass is 35.5. The highest BCUT2D eigenvalue weighted by Crippen LogP contribution is 2.27. The fraction of sp³-hybridized carbons (Fsp3) is 0.0769. The molecule has 0 unspecified atom stereocenters. The number of amides is 1. The number of methoxy groups -OCH3 is 1. The zero-order valence-electron chi connectivity index (χ0n) is 10.1. The molecule has 0 saturated heterocycles. The molecule has 98 valence electrons. The highest BCUT2D eigenvalue weighted by molar-refractivity contribution is 6.31. The maximum absolute atomic E-state index is 11.7. The van der Waals surface area contributed by atoms with Crippen LogP contribution in [-0.2, 0) is 0 Å². The molecular weight excluding hydrogens is 268 g/mol. The minimum absolute atomic E-state index is 0.209. The zero-order chi connectivity index (χ0) is 13.7. The van der Waals surface area contributed by atoms with Crippen molar-refractivity contribution in [2.24, 2.45) is 0 Å². The number of benzene rings is 1. The Morgan fingerprint density at radius 2 is 2.16 bits per heavy atom. The lowest BCUT2D eigenvalue weighted by Crippen LogP contribution is -2.17. The maximum Gasteiger partial charge on any atom is 0.418 e. The van der Waals surface area contributed by atoms with E-state index in [1.807, 2.05) is 0 Å². The van der Waals surface area contributed by atoms with E-state index < -0.39 is 6.09 Å². The summed E-state index contributed by atoms with van der Waals surface area (Å²) in [4.78, 5) is 15.6. The van der Waals surface area contributed by atoms with Crippen LogP contribution in [0, 0.1) is 0 Å². The number of hydrogen-bond donors (Lipinski definition) is 1. The van der Waals surface area contributed by atoms with E-state index in [-0.39, 0.29) is 5.88 Å². The van der Waals surface area contributed by atoms with Crippen LogP contribution in [0.15, 0.2) is 42.6 Å². The van der Waals surface area contributed by atoms with Gasteiger partial charge in [-0.1, -0.05) is 17.7 Å². The number of carbonyl (C=O) groups is 1. The Kier molecular flexibility index (Phi) is 4.20. The number of hydrogen-bond acceptors (Lipinski definition) is 4. The molecule has 0 spiro atoms. The second-order valence-electron chi connectivity index (χ2n) is 3.53. The molecule has 0 bridgehead atoms. The molecular formula is C13H11ClN2O3. The third-order valence-corrected chi connectivity index (χ3v) is 2.47. The first-order chi connectivity index (χ1) is 9.19. The molecule has 0 aliphatic carbocycles. The predicted octanol–water partition coefficient (Wildman–Crippen LogP) is 3.35. The number of aromatic nitrogens is 1. The number of nitrogens with zero attached hydrogens (tertiary/aromatic N) is 1. The third-order valence-electron chi connectivity index (χ3n) is 2.23. The molecule has 0 fully saturated rings.